The van der Waals surface area contributed by atoms with E-state index in [2.05, 4.69) is 15.5 Å². The van der Waals surface area contributed by atoms with Crippen LogP contribution in [-0.4, -0.2) is 35.4 Å². The number of hydrogen-bond acceptors (Lipinski definition) is 5. The third-order valence-corrected chi connectivity index (χ3v) is 4.17. The van der Waals surface area contributed by atoms with Crippen molar-refractivity contribution in [1.29, 1.82) is 0 Å². The first kappa shape index (κ1) is 19.2. The number of methoxy groups -OCH3 is 1. The van der Waals surface area contributed by atoms with Crippen LogP contribution in [0.1, 0.15) is 17.0 Å². The van der Waals surface area contributed by atoms with Crippen molar-refractivity contribution < 1.29 is 14.3 Å². The van der Waals surface area contributed by atoms with Crippen molar-refractivity contribution in [3.63, 3.8) is 0 Å². The topological polar surface area (TPSA) is 77.7 Å². The number of benzene rings is 1. The molecule has 3 aromatic rings. The lowest BCUT2D eigenvalue weighted by molar-refractivity contribution is -0.123. The zero-order valence-electron chi connectivity index (χ0n) is 16.0. The van der Waals surface area contributed by atoms with Crippen molar-refractivity contribution in [3.8, 4) is 17.3 Å². The molecule has 0 radical (unpaired) electrons. The van der Waals surface area contributed by atoms with E-state index in [1.807, 2.05) is 54.8 Å². The number of hydrazone groups is 1. The molecule has 0 fully saturated rings. The fourth-order valence-corrected chi connectivity index (χ4v) is 2.84. The van der Waals surface area contributed by atoms with Crippen LogP contribution >= 0.6 is 0 Å². The minimum atomic E-state index is -0.360. The highest BCUT2D eigenvalue weighted by Crippen LogP contribution is 2.25. The summed E-state index contributed by atoms with van der Waals surface area (Å²) in [5.74, 6) is 1.55. The van der Waals surface area contributed by atoms with Gasteiger partial charge in [0.2, 0.25) is 0 Å². The van der Waals surface area contributed by atoms with E-state index in [0.717, 1.165) is 22.8 Å². The summed E-state index contributed by atoms with van der Waals surface area (Å²) in [5, 5.41) is 4.04. The lowest BCUT2D eigenvalue weighted by Gasteiger charge is -2.09. The van der Waals surface area contributed by atoms with Crippen molar-refractivity contribution in [1.82, 2.24) is 15.0 Å². The highest BCUT2D eigenvalue weighted by molar-refractivity contribution is 5.84. The minimum absolute atomic E-state index is 0.162. The Hall–Kier alpha value is -3.61. The van der Waals surface area contributed by atoms with Crippen LogP contribution in [0.25, 0.3) is 5.82 Å². The van der Waals surface area contributed by atoms with E-state index < -0.39 is 0 Å². The monoisotopic (exact) mass is 378 g/mol. The van der Waals surface area contributed by atoms with E-state index in [1.54, 1.807) is 31.7 Å². The van der Waals surface area contributed by atoms with Gasteiger partial charge in [-0.2, -0.15) is 5.10 Å². The molecule has 0 spiro atoms. The molecule has 1 amide bonds. The molecule has 0 unspecified atom stereocenters. The van der Waals surface area contributed by atoms with Crippen molar-refractivity contribution in [2.24, 2.45) is 5.10 Å². The summed E-state index contributed by atoms with van der Waals surface area (Å²) in [5.41, 5.74) is 5.39. The highest BCUT2D eigenvalue weighted by Gasteiger charge is 2.10. The number of pyridine rings is 1. The van der Waals surface area contributed by atoms with Crippen LogP contribution in [0, 0.1) is 13.8 Å². The number of carbonyl (C=O) groups excluding carboxylic acids is 1. The molecule has 0 atom stereocenters. The van der Waals surface area contributed by atoms with Gasteiger partial charge >= 0.3 is 0 Å². The molecule has 0 aliphatic carbocycles. The molecule has 7 heteroatoms. The van der Waals surface area contributed by atoms with Crippen molar-refractivity contribution in [2.45, 2.75) is 13.8 Å². The van der Waals surface area contributed by atoms with Crippen LogP contribution in [0.3, 0.4) is 0 Å². The number of nitrogens with zero attached hydrogens (tertiary/aromatic N) is 3. The van der Waals surface area contributed by atoms with Gasteiger partial charge in [0.25, 0.3) is 5.91 Å². The third kappa shape index (κ3) is 4.37. The first-order chi connectivity index (χ1) is 13.6. The van der Waals surface area contributed by atoms with Crippen LogP contribution in [0.5, 0.6) is 11.5 Å². The molecule has 1 aromatic carbocycles. The highest BCUT2D eigenvalue weighted by atomic mass is 16.5. The van der Waals surface area contributed by atoms with E-state index in [9.17, 15) is 4.79 Å². The van der Waals surface area contributed by atoms with Crippen LogP contribution in [0.2, 0.25) is 0 Å². The fourth-order valence-electron chi connectivity index (χ4n) is 2.84. The molecule has 2 heterocycles. The quantitative estimate of drug-likeness (QED) is 0.506. The molecule has 0 bridgehead atoms. The second kappa shape index (κ2) is 8.85. The van der Waals surface area contributed by atoms with Gasteiger partial charge in [0.1, 0.15) is 5.82 Å². The Labute approximate surface area is 163 Å². The average molecular weight is 378 g/mol. The number of para-hydroxylation sites is 2. The number of amides is 1. The summed E-state index contributed by atoms with van der Waals surface area (Å²) < 4.78 is 12.7. The maximum Gasteiger partial charge on any atom is 0.277 e. The van der Waals surface area contributed by atoms with Crippen LogP contribution in [0.15, 0.2) is 59.8 Å². The molecule has 28 heavy (non-hydrogen) atoms. The van der Waals surface area contributed by atoms with Gasteiger partial charge in [-0.15, -0.1) is 0 Å². The maximum absolute atomic E-state index is 12.0. The molecule has 0 aliphatic heterocycles. The zero-order valence-corrected chi connectivity index (χ0v) is 16.0. The molecule has 144 valence electrons. The summed E-state index contributed by atoms with van der Waals surface area (Å²) in [7, 11) is 1.55. The van der Waals surface area contributed by atoms with Gasteiger partial charge in [0.15, 0.2) is 18.1 Å². The molecule has 3 rings (SSSR count). The Morgan fingerprint density at radius 1 is 1.18 bits per heavy atom. The number of aryl methyl sites for hydroxylation is 1. The average Bonchev–Trinajstić information content (AvgIpc) is 3.00. The van der Waals surface area contributed by atoms with Gasteiger partial charge in [-0.25, -0.2) is 10.4 Å². The lowest BCUT2D eigenvalue weighted by atomic mass is 10.3. The normalized spacial score (nSPS) is 10.8. The van der Waals surface area contributed by atoms with E-state index >= 15 is 0 Å². The fraction of sp³-hybridized carbons (Fsp3) is 0.190. The Balaban J connectivity index is 1.61. The van der Waals surface area contributed by atoms with Gasteiger partial charge in [0.05, 0.1) is 13.3 Å². The van der Waals surface area contributed by atoms with Crippen LogP contribution in [0.4, 0.5) is 0 Å². The standard InChI is InChI=1S/C21H22N4O3/c1-15-12-17(16(2)25(15)20-10-6-7-11-22-20)13-23-24-21(26)14-28-19-9-5-4-8-18(19)27-3/h4-13H,14H2,1-3H3,(H,24,26)/b23-13+. The molecule has 2 aromatic heterocycles. The third-order valence-electron chi connectivity index (χ3n) is 4.17. The second-order valence-electron chi connectivity index (χ2n) is 6.08. The summed E-state index contributed by atoms with van der Waals surface area (Å²) in [6.07, 6.45) is 3.37. The summed E-state index contributed by atoms with van der Waals surface area (Å²) >= 11 is 0. The van der Waals surface area contributed by atoms with E-state index in [1.165, 1.54) is 0 Å². The molecular weight excluding hydrogens is 356 g/mol. The summed E-state index contributed by atoms with van der Waals surface area (Å²) in [6.45, 7) is 3.82. The Morgan fingerprint density at radius 3 is 2.64 bits per heavy atom. The number of rotatable bonds is 7. The Bertz CT molecular complexity index is 981. The SMILES string of the molecule is COc1ccccc1OCC(=O)N/N=C/c1cc(C)n(-c2ccccn2)c1C. The van der Waals surface area contributed by atoms with Crippen LogP contribution < -0.4 is 14.9 Å². The summed E-state index contributed by atoms with van der Waals surface area (Å²) in [4.78, 5) is 16.4. The number of ether oxygens (including phenoxy) is 2. The largest absolute Gasteiger partial charge is 0.493 e. The second-order valence-corrected chi connectivity index (χ2v) is 6.08. The summed E-state index contributed by atoms with van der Waals surface area (Å²) in [6, 6.07) is 14.9. The minimum Gasteiger partial charge on any atom is -0.493 e. The molecule has 1 N–H and O–H groups in total. The first-order valence-electron chi connectivity index (χ1n) is 8.78. The molecule has 7 nitrogen and oxygen atoms in total. The van der Waals surface area contributed by atoms with Gasteiger partial charge in [0, 0.05) is 23.1 Å². The van der Waals surface area contributed by atoms with Crippen molar-refractivity contribution >= 4 is 12.1 Å². The van der Waals surface area contributed by atoms with E-state index in [0.29, 0.717) is 11.5 Å². The molecule has 0 aliphatic rings. The van der Waals surface area contributed by atoms with E-state index in [-0.39, 0.29) is 12.5 Å². The van der Waals surface area contributed by atoms with Gasteiger partial charge in [-0.3, -0.25) is 4.79 Å². The van der Waals surface area contributed by atoms with Crippen molar-refractivity contribution in [3.05, 3.63) is 71.7 Å². The Morgan fingerprint density at radius 2 is 1.93 bits per heavy atom. The zero-order chi connectivity index (χ0) is 19.9. The number of aromatic nitrogens is 2. The van der Waals surface area contributed by atoms with Crippen molar-refractivity contribution in [2.75, 3.05) is 13.7 Å². The Kier molecular flexibility index (Phi) is 6.06. The smallest absolute Gasteiger partial charge is 0.277 e. The molecular formula is C21H22N4O3. The maximum atomic E-state index is 12.0. The number of hydrogen-bond donors (Lipinski definition) is 1. The predicted octanol–water partition coefficient (Wildman–Crippen LogP) is 3.03. The van der Waals surface area contributed by atoms with Gasteiger partial charge in [-0.1, -0.05) is 18.2 Å². The van der Waals surface area contributed by atoms with Gasteiger partial charge < -0.3 is 14.0 Å². The van der Waals surface area contributed by atoms with Gasteiger partial charge in [-0.05, 0) is 44.2 Å². The predicted molar refractivity (Wildman–Crippen MR) is 107 cm³/mol. The lowest BCUT2D eigenvalue weighted by Crippen LogP contribution is -2.24. The number of carbonyl (C=O) groups is 1. The number of nitrogens with one attached hydrogen (secondary N) is 1. The molecule has 0 saturated carbocycles. The van der Waals surface area contributed by atoms with Crippen LogP contribution in [-0.2, 0) is 4.79 Å². The van der Waals surface area contributed by atoms with E-state index in [4.69, 9.17) is 9.47 Å². The molecule has 0 saturated heterocycles. The first-order valence-corrected chi connectivity index (χ1v) is 8.78.